The molecule has 2 aromatic rings. The Morgan fingerprint density at radius 2 is 2.11 bits per heavy atom. The van der Waals surface area contributed by atoms with E-state index in [4.69, 9.17) is 27.9 Å². The van der Waals surface area contributed by atoms with Crippen molar-refractivity contribution >= 4 is 29.1 Å². The maximum Gasteiger partial charge on any atom is 0.263 e. The summed E-state index contributed by atoms with van der Waals surface area (Å²) in [7, 11) is 0. The highest BCUT2D eigenvalue weighted by atomic mass is 35.5. The molecule has 1 atom stereocenters. The number of morpholine rings is 1. The summed E-state index contributed by atoms with van der Waals surface area (Å²) in [6.07, 6.45) is 3.38. The molecular weight excluding hydrogens is 389 g/mol. The highest BCUT2D eigenvalue weighted by molar-refractivity contribution is 6.36. The number of benzene rings is 1. The van der Waals surface area contributed by atoms with Gasteiger partial charge in [0, 0.05) is 29.2 Å². The predicted molar refractivity (Wildman–Crippen MR) is 105 cm³/mol. The number of carbonyl (C=O) groups excluding carboxylic acids is 1. The van der Waals surface area contributed by atoms with Crippen LogP contribution in [0.1, 0.15) is 41.5 Å². The van der Waals surface area contributed by atoms with E-state index in [0.717, 1.165) is 12.8 Å². The van der Waals surface area contributed by atoms with Gasteiger partial charge >= 0.3 is 0 Å². The Hall–Kier alpha value is -1.89. The van der Waals surface area contributed by atoms with E-state index in [1.54, 1.807) is 23.1 Å². The zero-order valence-electron chi connectivity index (χ0n) is 15.0. The second-order valence-electron chi connectivity index (χ2n) is 6.47. The number of amides is 1. The van der Waals surface area contributed by atoms with Crippen LogP contribution < -0.4 is 5.56 Å². The third-order valence-electron chi connectivity index (χ3n) is 4.60. The van der Waals surface area contributed by atoms with Crippen LogP contribution in [0.5, 0.6) is 0 Å². The van der Waals surface area contributed by atoms with Crippen molar-refractivity contribution in [2.45, 2.75) is 32.2 Å². The van der Waals surface area contributed by atoms with Crippen molar-refractivity contribution in [3.05, 3.63) is 61.7 Å². The number of aromatic nitrogens is 2. The molecule has 2 heterocycles. The smallest absolute Gasteiger partial charge is 0.263 e. The average molecular weight is 410 g/mol. The van der Waals surface area contributed by atoms with Crippen LogP contribution in [0.4, 0.5) is 0 Å². The highest BCUT2D eigenvalue weighted by Crippen LogP contribution is 2.25. The van der Waals surface area contributed by atoms with Crippen LogP contribution in [0.15, 0.2) is 29.2 Å². The quantitative estimate of drug-likeness (QED) is 0.821. The summed E-state index contributed by atoms with van der Waals surface area (Å²) in [6, 6.07) is 5.19. The molecule has 0 saturated carbocycles. The Morgan fingerprint density at radius 3 is 2.78 bits per heavy atom. The van der Waals surface area contributed by atoms with Crippen molar-refractivity contribution in [1.29, 1.82) is 0 Å². The van der Waals surface area contributed by atoms with Crippen LogP contribution in [0.25, 0.3) is 0 Å². The molecule has 1 N–H and O–H groups in total. The molecule has 144 valence electrons. The number of halogens is 2. The van der Waals surface area contributed by atoms with Gasteiger partial charge in [-0.3, -0.25) is 9.59 Å². The molecule has 1 aliphatic heterocycles. The molecule has 3 rings (SSSR count). The summed E-state index contributed by atoms with van der Waals surface area (Å²) in [4.78, 5) is 34.0. The fourth-order valence-corrected chi connectivity index (χ4v) is 3.72. The number of hydrogen-bond donors (Lipinski definition) is 1. The van der Waals surface area contributed by atoms with E-state index in [2.05, 4.69) is 16.9 Å². The van der Waals surface area contributed by atoms with Gasteiger partial charge in [-0.15, -0.1) is 0 Å². The van der Waals surface area contributed by atoms with Crippen molar-refractivity contribution in [3.63, 3.8) is 0 Å². The molecule has 0 spiro atoms. The van der Waals surface area contributed by atoms with Gasteiger partial charge in [0.25, 0.3) is 11.5 Å². The van der Waals surface area contributed by atoms with Crippen LogP contribution >= 0.6 is 23.2 Å². The Labute approximate surface area is 167 Å². The minimum Gasteiger partial charge on any atom is -0.377 e. The summed E-state index contributed by atoms with van der Waals surface area (Å²) in [5.41, 5.74) is 0.251. The Bertz CT molecular complexity index is 862. The summed E-state index contributed by atoms with van der Waals surface area (Å²) in [5, 5.41) is 1.00. The lowest BCUT2D eigenvalue weighted by Crippen LogP contribution is -2.49. The van der Waals surface area contributed by atoms with Crippen LogP contribution in [-0.4, -0.2) is 46.6 Å². The number of nitrogens with one attached hydrogen (secondary N) is 1. The van der Waals surface area contributed by atoms with Crippen LogP contribution in [0, 0.1) is 0 Å². The lowest BCUT2D eigenvalue weighted by Gasteiger charge is -2.35. The van der Waals surface area contributed by atoms with E-state index in [1.165, 1.54) is 6.20 Å². The first-order chi connectivity index (χ1) is 13.0. The van der Waals surface area contributed by atoms with Crippen LogP contribution in [0.2, 0.25) is 10.0 Å². The van der Waals surface area contributed by atoms with Crippen LogP contribution in [-0.2, 0) is 11.2 Å². The summed E-state index contributed by atoms with van der Waals surface area (Å²) < 4.78 is 5.47. The number of nitrogens with zero attached hydrogens (tertiary/aromatic N) is 2. The molecule has 1 saturated heterocycles. The lowest BCUT2D eigenvalue weighted by atomic mass is 10.1. The van der Waals surface area contributed by atoms with Crippen molar-refractivity contribution in [2.24, 2.45) is 0 Å². The number of ether oxygens (including phenoxy) is 1. The van der Waals surface area contributed by atoms with Crippen molar-refractivity contribution in [1.82, 2.24) is 14.9 Å². The normalized spacial score (nSPS) is 17.1. The minimum absolute atomic E-state index is 0.0164. The molecule has 27 heavy (non-hydrogen) atoms. The maximum absolute atomic E-state index is 12.9. The second kappa shape index (κ2) is 8.87. The van der Waals surface area contributed by atoms with Gasteiger partial charge in [0.15, 0.2) is 0 Å². The van der Waals surface area contributed by atoms with Gasteiger partial charge < -0.3 is 14.6 Å². The molecule has 1 fully saturated rings. The van der Waals surface area contributed by atoms with Gasteiger partial charge in [0.1, 0.15) is 11.4 Å². The molecule has 0 bridgehead atoms. The average Bonchev–Trinajstić information content (AvgIpc) is 2.65. The first kappa shape index (κ1) is 19.9. The number of hydrogen-bond acceptors (Lipinski definition) is 4. The molecule has 1 aromatic heterocycles. The van der Waals surface area contributed by atoms with E-state index < -0.39 is 5.56 Å². The lowest BCUT2D eigenvalue weighted by molar-refractivity contribution is -0.00445. The highest BCUT2D eigenvalue weighted by Gasteiger charge is 2.29. The molecule has 1 amide bonds. The largest absolute Gasteiger partial charge is 0.377 e. The maximum atomic E-state index is 12.9. The molecule has 0 unspecified atom stereocenters. The number of carbonyl (C=O) groups is 1. The third-order valence-corrected chi connectivity index (χ3v) is 5.31. The topological polar surface area (TPSA) is 75.3 Å². The Balaban J connectivity index is 1.82. The molecule has 6 nitrogen and oxygen atoms in total. The Morgan fingerprint density at radius 1 is 1.37 bits per heavy atom. The molecular formula is C19H21Cl2N3O3. The van der Waals surface area contributed by atoms with Crippen molar-refractivity contribution < 1.29 is 9.53 Å². The SMILES string of the molecule is CCC[C@H]1COCCN1C(=O)c1cnc(Cc2c(Cl)cccc2Cl)[nH]c1=O. The summed E-state index contributed by atoms with van der Waals surface area (Å²) in [6.45, 7) is 3.49. The standard InChI is InChI=1S/C19H21Cl2N3O3/c1-2-4-12-11-27-8-7-24(12)19(26)14-10-22-17(23-18(14)25)9-13-15(20)5-3-6-16(13)21/h3,5-6,10,12H,2,4,7-9,11H2,1H3,(H,22,23,25)/t12-/m0/s1. The summed E-state index contributed by atoms with van der Waals surface area (Å²) in [5.74, 6) is 0.0893. The van der Waals surface area contributed by atoms with E-state index in [9.17, 15) is 9.59 Å². The third kappa shape index (κ3) is 4.51. The van der Waals surface area contributed by atoms with Crippen LogP contribution in [0.3, 0.4) is 0 Å². The molecule has 0 radical (unpaired) electrons. The number of H-pyrrole nitrogens is 1. The van der Waals surface area contributed by atoms with Crippen molar-refractivity contribution in [2.75, 3.05) is 19.8 Å². The first-order valence-corrected chi connectivity index (χ1v) is 9.66. The molecule has 1 aliphatic rings. The Kier molecular flexibility index (Phi) is 6.52. The van der Waals surface area contributed by atoms with E-state index in [1.807, 2.05) is 0 Å². The fraction of sp³-hybridized carbons (Fsp3) is 0.421. The molecule has 0 aliphatic carbocycles. The van der Waals surface area contributed by atoms with Gasteiger partial charge in [-0.05, 0) is 24.1 Å². The summed E-state index contributed by atoms with van der Waals surface area (Å²) >= 11 is 12.3. The number of aromatic amines is 1. The second-order valence-corrected chi connectivity index (χ2v) is 7.28. The first-order valence-electron chi connectivity index (χ1n) is 8.91. The van der Waals surface area contributed by atoms with E-state index in [-0.39, 0.29) is 23.9 Å². The van der Waals surface area contributed by atoms with Gasteiger partial charge in [-0.1, -0.05) is 42.6 Å². The van der Waals surface area contributed by atoms with Gasteiger partial charge in [-0.2, -0.15) is 0 Å². The zero-order valence-corrected chi connectivity index (χ0v) is 16.5. The monoisotopic (exact) mass is 409 g/mol. The zero-order chi connectivity index (χ0) is 19.4. The number of rotatable bonds is 5. The minimum atomic E-state index is -0.463. The van der Waals surface area contributed by atoms with Crippen molar-refractivity contribution in [3.8, 4) is 0 Å². The van der Waals surface area contributed by atoms with Gasteiger partial charge in [-0.25, -0.2) is 4.98 Å². The molecule has 1 aromatic carbocycles. The van der Waals surface area contributed by atoms with E-state index >= 15 is 0 Å². The van der Waals surface area contributed by atoms with Gasteiger partial charge in [0.05, 0.1) is 19.3 Å². The van der Waals surface area contributed by atoms with E-state index in [0.29, 0.717) is 41.2 Å². The molecule has 8 heteroatoms. The van der Waals surface area contributed by atoms with Gasteiger partial charge in [0.2, 0.25) is 0 Å². The fourth-order valence-electron chi connectivity index (χ4n) is 3.19. The predicted octanol–water partition coefficient (Wildman–Crippen LogP) is 3.31.